The third-order valence-corrected chi connectivity index (χ3v) is 4.02. The van der Waals surface area contributed by atoms with Gasteiger partial charge in [-0.1, -0.05) is 18.2 Å². The maximum absolute atomic E-state index is 5.90. The van der Waals surface area contributed by atoms with E-state index in [9.17, 15) is 0 Å². The zero-order chi connectivity index (χ0) is 10.7. The van der Waals surface area contributed by atoms with Gasteiger partial charge in [0.05, 0.1) is 0 Å². The third-order valence-electron chi connectivity index (χ3n) is 2.62. The molecule has 1 aromatic carbocycles. The first-order valence-electron chi connectivity index (χ1n) is 5.34. The van der Waals surface area contributed by atoms with Gasteiger partial charge in [-0.3, -0.25) is 0 Å². The molecule has 0 saturated carbocycles. The molecule has 2 unspecified atom stereocenters. The lowest BCUT2D eigenvalue weighted by atomic mass is 10.0. The van der Waals surface area contributed by atoms with E-state index < -0.39 is 0 Å². The monoisotopic (exact) mass is 241 g/mol. The number of alkyl halides is 1. The smallest absolute Gasteiger partial charge is 0.0432 e. The first-order valence-corrected chi connectivity index (χ1v) is 6.76. The summed E-state index contributed by atoms with van der Waals surface area (Å²) in [4.78, 5) is 1.45. The summed E-state index contributed by atoms with van der Waals surface area (Å²) in [6.07, 6.45) is 0. The fourth-order valence-corrected chi connectivity index (χ4v) is 3.22. The van der Waals surface area contributed by atoms with Gasteiger partial charge < -0.3 is 5.32 Å². The van der Waals surface area contributed by atoms with E-state index in [0.29, 0.717) is 5.92 Å². The van der Waals surface area contributed by atoms with Gasteiger partial charge in [0.15, 0.2) is 0 Å². The highest BCUT2D eigenvalue weighted by Crippen LogP contribution is 2.38. The molecule has 0 aromatic heterocycles. The Labute approximate surface area is 101 Å². The number of benzene rings is 1. The van der Waals surface area contributed by atoms with Crippen molar-refractivity contribution in [2.75, 3.05) is 18.8 Å². The fraction of sp³-hybridized carbons (Fsp3) is 0.500. The molecule has 1 aromatic rings. The van der Waals surface area contributed by atoms with Crippen molar-refractivity contribution in [1.29, 1.82) is 0 Å². The Bertz CT molecular complexity index is 327. The van der Waals surface area contributed by atoms with E-state index >= 15 is 0 Å². The average molecular weight is 242 g/mol. The van der Waals surface area contributed by atoms with Crippen LogP contribution in [0.5, 0.6) is 0 Å². The largest absolute Gasteiger partial charge is 0.315 e. The average Bonchev–Trinajstić information content (AvgIpc) is 2.62. The van der Waals surface area contributed by atoms with Crippen LogP contribution in [0.15, 0.2) is 29.2 Å². The molecule has 3 heteroatoms. The highest BCUT2D eigenvalue weighted by Gasteiger charge is 2.21. The van der Waals surface area contributed by atoms with E-state index in [2.05, 4.69) is 29.6 Å². The second kappa shape index (κ2) is 5.24. The summed E-state index contributed by atoms with van der Waals surface area (Å²) >= 11 is 7.86. The predicted octanol–water partition coefficient (Wildman–Crippen LogP) is 3.09. The summed E-state index contributed by atoms with van der Waals surface area (Å²) in [5.74, 6) is 1.85. The lowest BCUT2D eigenvalue weighted by molar-refractivity contribution is 0.618. The van der Waals surface area contributed by atoms with Gasteiger partial charge in [0.25, 0.3) is 0 Å². The Kier molecular flexibility index (Phi) is 3.95. The lowest BCUT2D eigenvalue weighted by Crippen LogP contribution is -2.26. The van der Waals surface area contributed by atoms with Crippen molar-refractivity contribution in [3.8, 4) is 0 Å². The number of thioether (sulfide) groups is 1. The Morgan fingerprint density at radius 3 is 3.13 bits per heavy atom. The van der Waals surface area contributed by atoms with Gasteiger partial charge in [0.2, 0.25) is 0 Å². The Morgan fingerprint density at radius 1 is 1.53 bits per heavy atom. The SMILES string of the molecule is CC(Cl)CNCC1CSc2ccccc21. The topological polar surface area (TPSA) is 12.0 Å². The molecule has 0 radical (unpaired) electrons. The van der Waals surface area contributed by atoms with Crippen molar-refractivity contribution < 1.29 is 0 Å². The molecular formula is C12H16ClNS. The molecule has 1 N–H and O–H groups in total. The van der Waals surface area contributed by atoms with Crippen molar-refractivity contribution >= 4 is 23.4 Å². The molecule has 0 spiro atoms. The molecule has 2 atom stereocenters. The number of rotatable bonds is 4. The summed E-state index contributed by atoms with van der Waals surface area (Å²) in [5, 5.41) is 3.64. The number of hydrogen-bond donors (Lipinski definition) is 1. The molecule has 15 heavy (non-hydrogen) atoms. The van der Waals surface area contributed by atoms with Gasteiger partial charge in [-0.05, 0) is 18.6 Å². The van der Waals surface area contributed by atoms with Crippen molar-refractivity contribution in [3.63, 3.8) is 0 Å². The van der Waals surface area contributed by atoms with E-state index in [-0.39, 0.29) is 5.38 Å². The maximum atomic E-state index is 5.90. The van der Waals surface area contributed by atoms with Crippen molar-refractivity contribution in [2.45, 2.75) is 23.1 Å². The minimum absolute atomic E-state index is 0.217. The molecule has 1 aliphatic heterocycles. The molecule has 82 valence electrons. The molecular weight excluding hydrogens is 226 g/mol. The van der Waals surface area contributed by atoms with Crippen LogP contribution in [0, 0.1) is 0 Å². The zero-order valence-corrected chi connectivity index (χ0v) is 10.4. The van der Waals surface area contributed by atoms with Gasteiger partial charge in [0.1, 0.15) is 0 Å². The highest BCUT2D eigenvalue weighted by molar-refractivity contribution is 7.99. The third kappa shape index (κ3) is 2.90. The van der Waals surface area contributed by atoms with Crippen molar-refractivity contribution in [1.82, 2.24) is 5.32 Å². The number of fused-ring (bicyclic) bond motifs is 1. The van der Waals surface area contributed by atoms with E-state index in [4.69, 9.17) is 11.6 Å². The number of hydrogen-bond acceptors (Lipinski definition) is 2. The summed E-state index contributed by atoms with van der Waals surface area (Å²) in [6, 6.07) is 8.69. The zero-order valence-electron chi connectivity index (χ0n) is 8.87. The molecule has 2 rings (SSSR count). The van der Waals surface area contributed by atoms with Crippen LogP contribution in [-0.4, -0.2) is 24.2 Å². The van der Waals surface area contributed by atoms with Crippen LogP contribution in [0.25, 0.3) is 0 Å². The van der Waals surface area contributed by atoms with E-state index in [0.717, 1.165) is 13.1 Å². The molecule has 1 nitrogen and oxygen atoms in total. The molecule has 0 aliphatic carbocycles. The summed E-state index contributed by atoms with van der Waals surface area (Å²) < 4.78 is 0. The second-order valence-corrected chi connectivity index (χ2v) is 5.79. The minimum atomic E-state index is 0.217. The normalized spacial score (nSPS) is 21.3. The quantitative estimate of drug-likeness (QED) is 0.814. The number of nitrogens with one attached hydrogen (secondary N) is 1. The second-order valence-electron chi connectivity index (χ2n) is 3.98. The predicted molar refractivity (Wildman–Crippen MR) is 68.1 cm³/mol. The van der Waals surface area contributed by atoms with Gasteiger partial charge in [-0.15, -0.1) is 23.4 Å². The van der Waals surface area contributed by atoms with Crippen LogP contribution < -0.4 is 5.32 Å². The molecule has 0 fully saturated rings. The van der Waals surface area contributed by atoms with Crippen LogP contribution in [0.2, 0.25) is 0 Å². The number of halogens is 1. The van der Waals surface area contributed by atoms with Gasteiger partial charge >= 0.3 is 0 Å². The minimum Gasteiger partial charge on any atom is -0.315 e. The molecule has 0 saturated heterocycles. The highest BCUT2D eigenvalue weighted by atomic mass is 35.5. The summed E-state index contributed by atoms with van der Waals surface area (Å²) in [5.41, 5.74) is 1.50. The standard InChI is InChI=1S/C12H16ClNS/c1-9(13)6-14-7-10-8-15-12-5-3-2-4-11(10)12/h2-5,9-10,14H,6-8H2,1H3. The van der Waals surface area contributed by atoms with Gasteiger partial charge in [-0.25, -0.2) is 0 Å². The Morgan fingerprint density at radius 2 is 2.33 bits per heavy atom. The summed E-state index contributed by atoms with van der Waals surface area (Å²) in [7, 11) is 0. The van der Waals surface area contributed by atoms with E-state index in [1.807, 2.05) is 18.7 Å². The Hall–Kier alpha value is -0.180. The first kappa shape index (κ1) is 11.3. The van der Waals surface area contributed by atoms with Crippen LogP contribution in [0.4, 0.5) is 0 Å². The first-order chi connectivity index (χ1) is 7.27. The van der Waals surface area contributed by atoms with E-state index in [1.54, 1.807) is 0 Å². The van der Waals surface area contributed by atoms with Gasteiger partial charge in [-0.2, -0.15) is 0 Å². The molecule has 0 bridgehead atoms. The Balaban J connectivity index is 1.90. The lowest BCUT2D eigenvalue weighted by Gasteiger charge is -2.12. The van der Waals surface area contributed by atoms with E-state index in [1.165, 1.54) is 16.2 Å². The van der Waals surface area contributed by atoms with Gasteiger partial charge in [0, 0.05) is 35.0 Å². The van der Waals surface area contributed by atoms with Crippen LogP contribution in [0.3, 0.4) is 0 Å². The van der Waals surface area contributed by atoms with Crippen molar-refractivity contribution in [3.05, 3.63) is 29.8 Å². The van der Waals surface area contributed by atoms with Crippen LogP contribution in [0.1, 0.15) is 18.4 Å². The van der Waals surface area contributed by atoms with Crippen molar-refractivity contribution in [2.24, 2.45) is 0 Å². The van der Waals surface area contributed by atoms with Crippen LogP contribution in [-0.2, 0) is 0 Å². The molecule has 0 amide bonds. The molecule has 1 aliphatic rings. The maximum Gasteiger partial charge on any atom is 0.0432 e. The summed E-state index contributed by atoms with van der Waals surface area (Å²) in [6.45, 7) is 3.96. The fourth-order valence-electron chi connectivity index (χ4n) is 1.85. The van der Waals surface area contributed by atoms with Crippen LogP contribution >= 0.6 is 23.4 Å². The molecule has 1 heterocycles.